The van der Waals surface area contributed by atoms with E-state index in [1.54, 1.807) is 5.06 Å². The summed E-state index contributed by atoms with van der Waals surface area (Å²) in [5, 5.41) is 12.6. The molecule has 1 amide bonds. The summed E-state index contributed by atoms with van der Waals surface area (Å²) >= 11 is 0. The molecule has 0 radical (unpaired) electrons. The van der Waals surface area contributed by atoms with Gasteiger partial charge in [0.25, 0.3) is 5.91 Å². The van der Waals surface area contributed by atoms with Gasteiger partial charge in [-0.15, -0.1) is 5.06 Å². The van der Waals surface area contributed by atoms with Crippen molar-refractivity contribution in [3.8, 4) is 0 Å². The summed E-state index contributed by atoms with van der Waals surface area (Å²) < 4.78 is 0. The third kappa shape index (κ3) is 4.17. The average Bonchev–Trinajstić information content (AvgIpc) is 3.03. The van der Waals surface area contributed by atoms with Gasteiger partial charge in [0.2, 0.25) is 0 Å². The molecular formula is C18H24N4O3. The van der Waals surface area contributed by atoms with Crippen LogP contribution in [0.3, 0.4) is 0 Å². The minimum absolute atomic E-state index is 0.151. The quantitative estimate of drug-likeness (QED) is 0.867. The van der Waals surface area contributed by atoms with Crippen molar-refractivity contribution in [2.45, 2.75) is 33.1 Å². The summed E-state index contributed by atoms with van der Waals surface area (Å²) in [6.07, 6.45) is 2.69. The van der Waals surface area contributed by atoms with Crippen LogP contribution < -0.4 is 5.32 Å². The number of carbonyl (C=O) groups excluding carboxylic acids is 2. The van der Waals surface area contributed by atoms with Crippen molar-refractivity contribution in [3.63, 3.8) is 0 Å². The van der Waals surface area contributed by atoms with Gasteiger partial charge in [0.1, 0.15) is 0 Å². The molecule has 2 N–H and O–H groups in total. The van der Waals surface area contributed by atoms with Gasteiger partial charge in [0, 0.05) is 31.9 Å². The number of hydrogen-bond acceptors (Lipinski definition) is 5. The van der Waals surface area contributed by atoms with E-state index in [0.717, 1.165) is 30.2 Å². The molecule has 3 rings (SSSR count). The molecule has 1 fully saturated rings. The number of aryl methyl sites for hydroxylation is 1. The van der Waals surface area contributed by atoms with Crippen LogP contribution in [0.25, 0.3) is 10.9 Å². The summed E-state index contributed by atoms with van der Waals surface area (Å²) in [6.45, 7) is 5.50. The Balaban J connectivity index is 1.56. The smallest absolute Gasteiger partial charge is 0.322 e. The number of hydrogen-bond donors (Lipinski definition) is 2. The maximum atomic E-state index is 12.5. The molecule has 0 aliphatic carbocycles. The van der Waals surface area contributed by atoms with Crippen LogP contribution in [0.1, 0.15) is 42.7 Å². The van der Waals surface area contributed by atoms with Gasteiger partial charge in [-0.2, -0.15) is 5.10 Å². The molecule has 7 nitrogen and oxygen atoms in total. The topological polar surface area (TPSA) is 87.3 Å². The average molecular weight is 344 g/mol. The summed E-state index contributed by atoms with van der Waals surface area (Å²) in [5.74, 6) is -0.0577. The standard InChI is InChI=1S/C18H24N4O3/c1-3-13-4-5-16-15(10-13)17(21-20-16)18(24)19-11-14-6-8-22(9-7-14)25-12(2)23/h4-5,10,14H,3,6-9,11H2,1-2H3,(H,19,24)(H,20,21). The Morgan fingerprint density at radius 1 is 1.36 bits per heavy atom. The highest BCUT2D eigenvalue weighted by Crippen LogP contribution is 2.19. The fourth-order valence-corrected chi connectivity index (χ4v) is 3.16. The van der Waals surface area contributed by atoms with Gasteiger partial charge >= 0.3 is 5.97 Å². The van der Waals surface area contributed by atoms with Gasteiger partial charge in [0.05, 0.1) is 5.52 Å². The van der Waals surface area contributed by atoms with Gasteiger partial charge < -0.3 is 10.2 Å². The van der Waals surface area contributed by atoms with Crippen LogP contribution in [-0.4, -0.2) is 46.8 Å². The molecule has 25 heavy (non-hydrogen) atoms. The van der Waals surface area contributed by atoms with Crippen LogP contribution in [0, 0.1) is 5.92 Å². The Morgan fingerprint density at radius 2 is 2.12 bits per heavy atom. The molecule has 1 aliphatic rings. The fraction of sp³-hybridized carbons (Fsp3) is 0.500. The number of aromatic nitrogens is 2. The van der Waals surface area contributed by atoms with Gasteiger partial charge in [-0.05, 0) is 42.9 Å². The number of benzene rings is 1. The molecular weight excluding hydrogens is 320 g/mol. The van der Waals surface area contributed by atoms with E-state index in [-0.39, 0.29) is 11.9 Å². The third-order valence-corrected chi connectivity index (χ3v) is 4.63. The number of amides is 1. The van der Waals surface area contributed by atoms with Crippen molar-refractivity contribution in [1.82, 2.24) is 20.6 Å². The Kier molecular flexibility index (Phi) is 5.33. The molecule has 1 aliphatic heterocycles. The zero-order valence-electron chi connectivity index (χ0n) is 14.7. The van der Waals surface area contributed by atoms with E-state index in [2.05, 4.69) is 22.4 Å². The molecule has 2 heterocycles. The number of H-pyrrole nitrogens is 1. The maximum absolute atomic E-state index is 12.5. The number of nitrogens with one attached hydrogen (secondary N) is 2. The van der Waals surface area contributed by atoms with Gasteiger partial charge in [-0.3, -0.25) is 14.7 Å². The first-order chi connectivity index (χ1) is 12.1. The lowest BCUT2D eigenvalue weighted by Gasteiger charge is -2.30. The first-order valence-electron chi connectivity index (χ1n) is 8.75. The maximum Gasteiger partial charge on any atom is 0.322 e. The summed E-state index contributed by atoms with van der Waals surface area (Å²) in [5.41, 5.74) is 2.50. The van der Waals surface area contributed by atoms with E-state index in [0.29, 0.717) is 31.2 Å². The Morgan fingerprint density at radius 3 is 2.80 bits per heavy atom. The van der Waals surface area contributed by atoms with E-state index in [1.807, 2.05) is 18.2 Å². The normalized spacial score (nSPS) is 16.1. The van der Waals surface area contributed by atoms with Crippen molar-refractivity contribution in [2.75, 3.05) is 19.6 Å². The van der Waals surface area contributed by atoms with E-state index in [4.69, 9.17) is 4.84 Å². The number of piperidine rings is 1. The minimum Gasteiger partial charge on any atom is -0.368 e. The molecule has 0 unspecified atom stereocenters. The highest BCUT2D eigenvalue weighted by Gasteiger charge is 2.22. The summed E-state index contributed by atoms with van der Waals surface area (Å²) in [6, 6.07) is 6.02. The van der Waals surface area contributed by atoms with E-state index < -0.39 is 0 Å². The molecule has 0 spiro atoms. The van der Waals surface area contributed by atoms with E-state index >= 15 is 0 Å². The largest absolute Gasteiger partial charge is 0.368 e. The highest BCUT2D eigenvalue weighted by atomic mass is 16.7. The molecule has 1 saturated heterocycles. The second kappa shape index (κ2) is 7.65. The summed E-state index contributed by atoms with van der Waals surface area (Å²) in [4.78, 5) is 28.5. The molecule has 134 valence electrons. The van der Waals surface area contributed by atoms with Crippen LogP contribution in [0.2, 0.25) is 0 Å². The van der Waals surface area contributed by atoms with E-state index in [9.17, 15) is 9.59 Å². The molecule has 2 aromatic rings. The number of nitrogens with zero attached hydrogens (tertiary/aromatic N) is 2. The van der Waals surface area contributed by atoms with Crippen molar-refractivity contribution >= 4 is 22.8 Å². The number of rotatable bonds is 5. The number of carbonyl (C=O) groups is 2. The van der Waals surface area contributed by atoms with Gasteiger partial charge in [-0.1, -0.05) is 13.0 Å². The van der Waals surface area contributed by atoms with Crippen molar-refractivity contribution in [3.05, 3.63) is 29.5 Å². The van der Waals surface area contributed by atoms with Gasteiger partial charge in [-0.25, -0.2) is 0 Å². The first-order valence-corrected chi connectivity index (χ1v) is 8.75. The number of fused-ring (bicyclic) bond motifs is 1. The fourth-order valence-electron chi connectivity index (χ4n) is 3.16. The predicted octanol–water partition coefficient (Wildman–Crippen LogP) is 2.05. The zero-order valence-corrected chi connectivity index (χ0v) is 14.7. The predicted molar refractivity (Wildman–Crippen MR) is 93.9 cm³/mol. The van der Waals surface area contributed by atoms with Gasteiger partial charge in [0.15, 0.2) is 5.69 Å². The lowest BCUT2D eigenvalue weighted by molar-refractivity contribution is -0.193. The number of aromatic amines is 1. The zero-order chi connectivity index (χ0) is 17.8. The highest BCUT2D eigenvalue weighted by molar-refractivity contribution is 6.04. The Labute approximate surface area is 146 Å². The van der Waals surface area contributed by atoms with Crippen molar-refractivity contribution in [1.29, 1.82) is 0 Å². The number of hydroxylamine groups is 2. The minimum atomic E-state index is -0.288. The van der Waals surface area contributed by atoms with Crippen LogP contribution >= 0.6 is 0 Å². The molecule has 1 aromatic carbocycles. The Hall–Kier alpha value is -2.41. The lowest BCUT2D eigenvalue weighted by Crippen LogP contribution is -2.39. The molecule has 7 heteroatoms. The molecule has 0 atom stereocenters. The lowest BCUT2D eigenvalue weighted by atomic mass is 9.98. The van der Waals surface area contributed by atoms with Crippen molar-refractivity contribution in [2.24, 2.45) is 5.92 Å². The van der Waals surface area contributed by atoms with Crippen LogP contribution in [-0.2, 0) is 16.1 Å². The SMILES string of the molecule is CCc1ccc2[nH]nc(C(=O)NCC3CCN(OC(C)=O)CC3)c2c1. The second-order valence-corrected chi connectivity index (χ2v) is 6.47. The molecule has 0 saturated carbocycles. The van der Waals surface area contributed by atoms with E-state index in [1.165, 1.54) is 12.5 Å². The van der Waals surface area contributed by atoms with Crippen LogP contribution in [0.4, 0.5) is 0 Å². The first kappa shape index (κ1) is 17.4. The van der Waals surface area contributed by atoms with Crippen LogP contribution in [0.15, 0.2) is 18.2 Å². The Bertz CT molecular complexity index is 763. The van der Waals surface area contributed by atoms with Crippen molar-refractivity contribution < 1.29 is 14.4 Å². The molecule has 1 aromatic heterocycles. The summed E-state index contributed by atoms with van der Waals surface area (Å²) in [7, 11) is 0. The van der Waals surface area contributed by atoms with Crippen LogP contribution in [0.5, 0.6) is 0 Å². The third-order valence-electron chi connectivity index (χ3n) is 4.63. The monoisotopic (exact) mass is 344 g/mol. The molecule has 0 bridgehead atoms. The second-order valence-electron chi connectivity index (χ2n) is 6.47.